The van der Waals surface area contributed by atoms with Crippen LogP contribution in [0, 0.1) is 0 Å². The molecule has 0 bridgehead atoms. The van der Waals surface area contributed by atoms with Crippen LogP contribution in [0.1, 0.15) is 27.7 Å². The van der Waals surface area contributed by atoms with Crippen LogP contribution < -0.4 is 9.80 Å². The van der Waals surface area contributed by atoms with Gasteiger partial charge in [0.25, 0.3) is 0 Å². The highest BCUT2D eigenvalue weighted by Gasteiger charge is 2.14. The first kappa shape index (κ1) is 14.0. The molecule has 0 aromatic carbocycles. The predicted octanol–water partition coefficient (Wildman–Crippen LogP) is 2.22. The van der Waals surface area contributed by atoms with E-state index in [2.05, 4.69) is 52.7 Å². The third kappa shape index (κ3) is 3.19. The molecule has 0 atom stereocenters. The number of halogens is 1. The van der Waals surface area contributed by atoms with E-state index in [9.17, 15) is 0 Å². The number of anilines is 2. The average Bonchev–Trinajstić information content (AvgIpc) is 2.35. The van der Waals surface area contributed by atoms with E-state index in [1.807, 2.05) is 0 Å². The van der Waals surface area contributed by atoms with E-state index in [-0.39, 0.29) is 0 Å². The molecule has 1 heterocycles. The average molecular weight is 258 g/mol. The fourth-order valence-corrected chi connectivity index (χ4v) is 1.86. The SMILES string of the molecule is CCN(CC)c1nnc(Cl)c(N(CC)CC)n1. The second-order valence-corrected chi connectivity index (χ2v) is 3.93. The van der Waals surface area contributed by atoms with Gasteiger partial charge in [-0.2, -0.15) is 4.98 Å². The van der Waals surface area contributed by atoms with Gasteiger partial charge in [-0.05, 0) is 27.7 Å². The van der Waals surface area contributed by atoms with Crippen molar-refractivity contribution in [3.8, 4) is 0 Å². The molecule has 0 aliphatic heterocycles. The summed E-state index contributed by atoms with van der Waals surface area (Å²) in [4.78, 5) is 8.63. The molecule has 0 spiro atoms. The van der Waals surface area contributed by atoms with Gasteiger partial charge in [-0.1, -0.05) is 11.6 Å². The summed E-state index contributed by atoms with van der Waals surface area (Å²) in [5.41, 5.74) is 0. The minimum Gasteiger partial charge on any atom is -0.354 e. The molecule has 0 aliphatic rings. The summed E-state index contributed by atoms with van der Waals surface area (Å²) >= 11 is 6.04. The number of aromatic nitrogens is 3. The van der Waals surface area contributed by atoms with Gasteiger partial charge in [-0.15, -0.1) is 10.2 Å². The monoisotopic (exact) mass is 257 g/mol. The van der Waals surface area contributed by atoms with E-state index in [0.29, 0.717) is 16.9 Å². The first-order valence-corrected chi connectivity index (χ1v) is 6.45. The molecule has 0 fully saturated rings. The van der Waals surface area contributed by atoms with Crippen LogP contribution >= 0.6 is 11.6 Å². The fourth-order valence-electron chi connectivity index (χ4n) is 1.66. The van der Waals surface area contributed by atoms with Crippen LogP contribution in [-0.4, -0.2) is 41.4 Å². The second-order valence-electron chi connectivity index (χ2n) is 3.57. The third-order valence-corrected chi connectivity index (χ3v) is 2.97. The first-order valence-electron chi connectivity index (χ1n) is 6.07. The highest BCUT2D eigenvalue weighted by molar-refractivity contribution is 6.31. The van der Waals surface area contributed by atoms with Crippen molar-refractivity contribution < 1.29 is 0 Å². The smallest absolute Gasteiger partial charge is 0.247 e. The molecule has 1 aromatic rings. The van der Waals surface area contributed by atoms with Crippen molar-refractivity contribution in [1.29, 1.82) is 0 Å². The van der Waals surface area contributed by atoms with Crippen LogP contribution in [0.5, 0.6) is 0 Å². The zero-order valence-electron chi connectivity index (χ0n) is 10.9. The van der Waals surface area contributed by atoms with E-state index >= 15 is 0 Å². The van der Waals surface area contributed by atoms with Crippen LogP contribution in [0.3, 0.4) is 0 Å². The minimum atomic E-state index is 0.365. The molecule has 0 unspecified atom stereocenters. The van der Waals surface area contributed by atoms with E-state index in [1.54, 1.807) is 0 Å². The Morgan fingerprint density at radius 1 is 0.882 bits per heavy atom. The van der Waals surface area contributed by atoms with Gasteiger partial charge >= 0.3 is 0 Å². The normalized spacial score (nSPS) is 10.4. The largest absolute Gasteiger partial charge is 0.354 e. The van der Waals surface area contributed by atoms with Gasteiger partial charge in [0.05, 0.1) is 0 Å². The number of rotatable bonds is 6. The number of nitrogens with zero attached hydrogens (tertiary/aromatic N) is 5. The van der Waals surface area contributed by atoms with Crippen LogP contribution in [0.15, 0.2) is 0 Å². The highest BCUT2D eigenvalue weighted by atomic mass is 35.5. The Balaban J connectivity index is 3.09. The zero-order chi connectivity index (χ0) is 12.8. The van der Waals surface area contributed by atoms with Crippen molar-refractivity contribution >= 4 is 23.4 Å². The minimum absolute atomic E-state index is 0.365. The molecule has 0 N–H and O–H groups in total. The number of hydrogen-bond acceptors (Lipinski definition) is 5. The molecule has 1 rings (SSSR count). The maximum atomic E-state index is 6.04. The van der Waals surface area contributed by atoms with Crippen LogP contribution in [0.2, 0.25) is 5.15 Å². The topological polar surface area (TPSA) is 45.2 Å². The van der Waals surface area contributed by atoms with Crippen molar-refractivity contribution in [2.75, 3.05) is 36.0 Å². The van der Waals surface area contributed by atoms with Gasteiger partial charge in [0.2, 0.25) is 5.95 Å². The zero-order valence-corrected chi connectivity index (χ0v) is 11.7. The first-order chi connectivity index (χ1) is 8.17. The lowest BCUT2D eigenvalue weighted by Crippen LogP contribution is -2.28. The van der Waals surface area contributed by atoms with Gasteiger partial charge in [0.1, 0.15) is 0 Å². The van der Waals surface area contributed by atoms with E-state index in [1.165, 1.54) is 0 Å². The van der Waals surface area contributed by atoms with Gasteiger partial charge in [-0.25, -0.2) is 0 Å². The molecule has 0 amide bonds. The Bertz CT molecular complexity index is 350. The molecule has 0 aliphatic carbocycles. The van der Waals surface area contributed by atoms with Crippen molar-refractivity contribution in [1.82, 2.24) is 15.2 Å². The molecule has 96 valence electrons. The Kier molecular flexibility index (Phi) is 5.41. The lowest BCUT2D eigenvalue weighted by Gasteiger charge is -2.23. The lowest BCUT2D eigenvalue weighted by atomic mass is 10.5. The molecule has 0 radical (unpaired) electrons. The molecular weight excluding hydrogens is 238 g/mol. The van der Waals surface area contributed by atoms with Crippen molar-refractivity contribution in [2.45, 2.75) is 27.7 Å². The quantitative estimate of drug-likeness (QED) is 0.782. The Labute approximate surface area is 108 Å². The van der Waals surface area contributed by atoms with Gasteiger partial charge in [0, 0.05) is 26.2 Å². The molecule has 6 heteroatoms. The highest BCUT2D eigenvalue weighted by Crippen LogP contribution is 2.22. The van der Waals surface area contributed by atoms with Crippen molar-refractivity contribution in [3.63, 3.8) is 0 Å². The Morgan fingerprint density at radius 2 is 1.41 bits per heavy atom. The van der Waals surface area contributed by atoms with E-state index in [0.717, 1.165) is 26.2 Å². The van der Waals surface area contributed by atoms with Crippen molar-refractivity contribution in [3.05, 3.63) is 5.15 Å². The summed E-state index contributed by atoms with van der Waals surface area (Å²) in [6.45, 7) is 11.7. The standard InChI is InChI=1S/C11H20ClN5/c1-5-16(6-2)10-9(12)14-15-11(13-10)17(7-3)8-4/h5-8H2,1-4H3. The summed E-state index contributed by atoms with van der Waals surface area (Å²) < 4.78 is 0. The Morgan fingerprint density at radius 3 is 1.88 bits per heavy atom. The maximum Gasteiger partial charge on any atom is 0.247 e. The molecule has 1 aromatic heterocycles. The van der Waals surface area contributed by atoms with Crippen LogP contribution in [0.4, 0.5) is 11.8 Å². The summed E-state index contributed by atoms with van der Waals surface area (Å²) in [5, 5.41) is 8.39. The van der Waals surface area contributed by atoms with Gasteiger partial charge in [-0.3, -0.25) is 0 Å². The predicted molar refractivity (Wildman–Crippen MR) is 72.0 cm³/mol. The van der Waals surface area contributed by atoms with Crippen LogP contribution in [0.25, 0.3) is 0 Å². The second kappa shape index (κ2) is 6.59. The number of hydrogen-bond donors (Lipinski definition) is 0. The Hall–Kier alpha value is -1.10. The molecule has 5 nitrogen and oxygen atoms in total. The summed E-state index contributed by atoms with van der Waals surface area (Å²) in [5.74, 6) is 1.36. The third-order valence-electron chi connectivity index (χ3n) is 2.73. The molecule has 0 saturated heterocycles. The lowest BCUT2D eigenvalue weighted by molar-refractivity contribution is 0.772. The summed E-state index contributed by atoms with van der Waals surface area (Å²) in [7, 11) is 0. The maximum absolute atomic E-state index is 6.04. The molecule has 17 heavy (non-hydrogen) atoms. The summed E-state index contributed by atoms with van der Waals surface area (Å²) in [6, 6.07) is 0. The van der Waals surface area contributed by atoms with E-state index < -0.39 is 0 Å². The van der Waals surface area contributed by atoms with Gasteiger partial charge in [0.15, 0.2) is 11.0 Å². The van der Waals surface area contributed by atoms with E-state index in [4.69, 9.17) is 11.6 Å². The van der Waals surface area contributed by atoms with Crippen LogP contribution in [-0.2, 0) is 0 Å². The molecule has 0 saturated carbocycles. The van der Waals surface area contributed by atoms with Gasteiger partial charge < -0.3 is 9.80 Å². The summed E-state index contributed by atoms with van der Waals surface area (Å²) in [6.07, 6.45) is 0. The molecular formula is C11H20ClN5. The van der Waals surface area contributed by atoms with Crippen molar-refractivity contribution in [2.24, 2.45) is 0 Å². The fraction of sp³-hybridized carbons (Fsp3) is 0.727.